The molecule has 8 heteroatoms. The van der Waals surface area contributed by atoms with Gasteiger partial charge in [0, 0.05) is 18.4 Å². The topological polar surface area (TPSA) is 86.5 Å². The van der Waals surface area contributed by atoms with Gasteiger partial charge in [-0.3, -0.25) is 4.79 Å². The maximum atomic E-state index is 12.7. The Hall–Kier alpha value is -1.41. The van der Waals surface area contributed by atoms with Gasteiger partial charge in [0.25, 0.3) is 0 Å². The van der Waals surface area contributed by atoms with E-state index in [0.717, 1.165) is 16.0 Å². The number of nitrogens with zero attached hydrogens (tertiary/aromatic N) is 1. The Morgan fingerprint density at radius 1 is 1.48 bits per heavy atom. The van der Waals surface area contributed by atoms with Crippen molar-refractivity contribution in [1.82, 2.24) is 4.98 Å². The molecule has 0 radical (unpaired) electrons. The van der Waals surface area contributed by atoms with E-state index in [9.17, 15) is 4.79 Å². The monoisotopic (exact) mass is 385 g/mol. The number of nitrogens with two attached hydrogens (primary N) is 1. The molecular formula is C17H24ClN3O3S. The summed E-state index contributed by atoms with van der Waals surface area (Å²) >= 11 is 1.41. The number of carbonyl (C=O) groups excluding carboxylic acids is 1. The standard InChI is InChI=1S/C17H23N3O3S.ClH/c1-5-23-13-9-17(18,16(13,2)3)14(21)20-15-19-11-7-6-10(22-4)8-12(11)24-15;/h6-8,13H,5,9,18H2,1-4H3,(H,19,20,21);1H. The molecule has 0 aliphatic heterocycles. The number of hydrogen-bond acceptors (Lipinski definition) is 6. The molecule has 3 rings (SSSR count). The van der Waals surface area contributed by atoms with Crippen molar-refractivity contribution in [3.8, 4) is 5.75 Å². The van der Waals surface area contributed by atoms with Crippen LogP contribution in [0.25, 0.3) is 10.2 Å². The Morgan fingerprint density at radius 2 is 2.20 bits per heavy atom. The summed E-state index contributed by atoms with van der Waals surface area (Å²) in [6.45, 7) is 6.51. The molecule has 3 N–H and O–H groups in total. The number of amides is 1. The fourth-order valence-electron chi connectivity index (χ4n) is 3.11. The second-order valence-electron chi connectivity index (χ2n) is 6.65. The van der Waals surface area contributed by atoms with E-state index in [1.54, 1.807) is 7.11 Å². The minimum atomic E-state index is -0.956. The van der Waals surface area contributed by atoms with Crippen LogP contribution in [0, 0.1) is 5.41 Å². The molecule has 1 aliphatic rings. The van der Waals surface area contributed by atoms with Crippen LogP contribution in [0.3, 0.4) is 0 Å². The highest BCUT2D eigenvalue weighted by molar-refractivity contribution is 7.22. The lowest BCUT2D eigenvalue weighted by atomic mass is 9.54. The van der Waals surface area contributed by atoms with Crippen LogP contribution in [0.15, 0.2) is 18.2 Å². The lowest BCUT2D eigenvalue weighted by molar-refractivity contribution is -0.166. The van der Waals surface area contributed by atoms with E-state index in [0.29, 0.717) is 18.2 Å². The molecule has 1 amide bonds. The van der Waals surface area contributed by atoms with E-state index in [-0.39, 0.29) is 24.4 Å². The van der Waals surface area contributed by atoms with Gasteiger partial charge in [0.15, 0.2) is 5.13 Å². The zero-order chi connectivity index (χ0) is 17.5. The molecule has 2 atom stereocenters. The first-order valence-electron chi connectivity index (χ1n) is 7.98. The van der Waals surface area contributed by atoms with E-state index in [2.05, 4.69) is 10.3 Å². The number of thiazole rings is 1. The number of ether oxygens (including phenoxy) is 2. The summed E-state index contributed by atoms with van der Waals surface area (Å²) in [5.41, 5.74) is 5.84. The third kappa shape index (κ3) is 3.21. The van der Waals surface area contributed by atoms with E-state index in [1.165, 1.54) is 11.3 Å². The van der Waals surface area contributed by atoms with Crippen LogP contribution in [0.4, 0.5) is 5.13 Å². The van der Waals surface area contributed by atoms with Crippen LogP contribution < -0.4 is 15.8 Å². The molecule has 0 saturated heterocycles. The van der Waals surface area contributed by atoms with Crippen LogP contribution >= 0.6 is 23.7 Å². The molecule has 1 aliphatic carbocycles. The Kier molecular flexibility index (Phi) is 5.63. The molecule has 1 heterocycles. The van der Waals surface area contributed by atoms with Gasteiger partial charge in [-0.05, 0) is 25.1 Å². The number of nitrogens with one attached hydrogen (secondary N) is 1. The average Bonchev–Trinajstić information content (AvgIpc) is 2.95. The first kappa shape index (κ1) is 19.9. The van der Waals surface area contributed by atoms with Crippen LogP contribution in [-0.4, -0.2) is 36.3 Å². The van der Waals surface area contributed by atoms with Crippen molar-refractivity contribution >= 4 is 45.0 Å². The summed E-state index contributed by atoms with van der Waals surface area (Å²) in [7, 11) is 1.62. The maximum Gasteiger partial charge on any atom is 0.246 e. The smallest absolute Gasteiger partial charge is 0.246 e. The number of benzene rings is 1. The summed E-state index contributed by atoms with van der Waals surface area (Å²) < 4.78 is 11.8. The number of hydrogen-bond donors (Lipinski definition) is 2. The number of rotatable bonds is 5. The van der Waals surface area contributed by atoms with Gasteiger partial charge < -0.3 is 20.5 Å². The highest BCUT2D eigenvalue weighted by Crippen LogP contribution is 2.50. The highest BCUT2D eigenvalue weighted by Gasteiger charge is 2.63. The second-order valence-corrected chi connectivity index (χ2v) is 7.68. The summed E-state index contributed by atoms with van der Waals surface area (Å²) in [6, 6.07) is 5.62. The fraction of sp³-hybridized carbons (Fsp3) is 0.529. The zero-order valence-corrected chi connectivity index (χ0v) is 16.4. The molecule has 2 unspecified atom stereocenters. The van der Waals surface area contributed by atoms with E-state index < -0.39 is 11.0 Å². The fourth-order valence-corrected chi connectivity index (χ4v) is 4.00. The summed E-state index contributed by atoms with van der Waals surface area (Å²) in [4.78, 5) is 17.2. The Morgan fingerprint density at radius 3 is 2.80 bits per heavy atom. The van der Waals surface area contributed by atoms with Gasteiger partial charge in [-0.1, -0.05) is 25.2 Å². The number of halogens is 1. The predicted octanol–water partition coefficient (Wildman–Crippen LogP) is 3.20. The van der Waals surface area contributed by atoms with Gasteiger partial charge in [-0.2, -0.15) is 0 Å². The molecule has 2 aromatic rings. The second kappa shape index (κ2) is 7.07. The Bertz CT molecular complexity index is 780. The van der Waals surface area contributed by atoms with Crippen molar-refractivity contribution in [3.05, 3.63) is 18.2 Å². The lowest BCUT2D eigenvalue weighted by Crippen LogP contribution is -2.74. The minimum Gasteiger partial charge on any atom is -0.497 e. The minimum absolute atomic E-state index is 0. The van der Waals surface area contributed by atoms with Crippen molar-refractivity contribution in [1.29, 1.82) is 0 Å². The molecule has 25 heavy (non-hydrogen) atoms. The van der Waals surface area contributed by atoms with E-state index in [4.69, 9.17) is 15.2 Å². The molecule has 1 aromatic heterocycles. The van der Waals surface area contributed by atoms with Crippen LogP contribution in [0.1, 0.15) is 27.2 Å². The number of anilines is 1. The van der Waals surface area contributed by atoms with Crippen molar-refractivity contribution in [2.24, 2.45) is 11.1 Å². The molecule has 1 fully saturated rings. The third-order valence-corrected chi connectivity index (χ3v) is 5.98. The number of methoxy groups -OCH3 is 1. The maximum absolute atomic E-state index is 12.7. The third-order valence-electron chi connectivity index (χ3n) is 5.05. The quantitative estimate of drug-likeness (QED) is 0.825. The largest absolute Gasteiger partial charge is 0.497 e. The predicted molar refractivity (Wildman–Crippen MR) is 103 cm³/mol. The average molecular weight is 386 g/mol. The van der Waals surface area contributed by atoms with Crippen molar-refractivity contribution < 1.29 is 14.3 Å². The zero-order valence-electron chi connectivity index (χ0n) is 14.8. The molecule has 1 saturated carbocycles. The van der Waals surface area contributed by atoms with Crippen molar-refractivity contribution in [2.45, 2.75) is 38.8 Å². The molecule has 0 spiro atoms. The van der Waals surface area contributed by atoms with E-state index >= 15 is 0 Å². The molecule has 138 valence electrons. The van der Waals surface area contributed by atoms with Gasteiger partial charge in [-0.15, -0.1) is 12.4 Å². The molecule has 1 aromatic carbocycles. The summed E-state index contributed by atoms with van der Waals surface area (Å²) in [5, 5.41) is 3.42. The Balaban J connectivity index is 0.00000225. The SMILES string of the molecule is CCOC1CC(N)(C(=O)Nc2nc3ccc(OC)cc3s2)C1(C)C.Cl. The molecule has 6 nitrogen and oxygen atoms in total. The van der Waals surface area contributed by atoms with Crippen molar-refractivity contribution in [2.75, 3.05) is 19.0 Å². The van der Waals surface area contributed by atoms with Gasteiger partial charge in [0.1, 0.15) is 11.3 Å². The first-order valence-corrected chi connectivity index (χ1v) is 8.80. The van der Waals surface area contributed by atoms with Crippen LogP contribution in [0.2, 0.25) is 0 Å². The van der Waals surface area contributed by atoms with Gasteiger partial charge >= 0.3 is 0 Å². The van der Waals surface area contributed by atoms with Gasteiger partial charge in [-0.25, -0.2) is 4.98 Å². The summed E-state index contributed by atoms with van der Waals surface area (Å²) in [5.74, 6) is 0.550. The van der Waals surface area contributed by atoms with Crippen LogP contribution in [0.5, 0.6) is 5.75 Å². The Labute approximate surface area is 157 Å². The first-order chi connectivity index (χ1) is 11.3. The van der Waals surface area contributed by atoms with Crippen molar-refractivity contribution in [3.63, 3.8) is 0 Å². The number of fused-ring (bicyclic) bond motifs is 1. The number of carbonyl (C=O) groups is 1. The lowest BCUT2D eigenvalue weighted by Gasteiger charge is -2.57. The van der Waals surface area contributed by atoms with Gasteiger partial charge in [0.2, 0.25) is 5.91 Å². The van der Waals surface area contributed by atoms with E-state index in [1.807, 2.05) is 39.0 Å². The van der Waals surface area contributed by atoms with Crippen LogP contribution in [-0.2, 0) is 9.53 Å². The normalized spacial score (nSPS) is 24.3. The molecular weight excluding hydrogens is 362 g/mol. The van der Waals surface area contributed by atoms with Gasteiger partial charge in [0.05, 0.1) is 23.4 Å². The summed E-state index contributed by atoms with van der Waals surface area (Å²) in [6.07, 6.45) is 0.510. The number of aromatic nitrogens is 1. The highest BCUT2D eigenvalue weighted by atomic mass is 35.5. The molecule has 0 bridgehead atoms.